The van der Waals surface area contributed by atoms with Gasteiger partial charge in [-0.15, -0.1) is 0 Å². The van der Waals surface area contributed by atoms with Crippen molar-refractivity contribution in [1.29, 1.82) is 0 Å². The summed E-state index contributed by atoms with van der Waals surface area (Å²) in [7, 11) is 0. The third-order valence-electron chi connectivity index (χ3n) is 7.76. The molecule has 0 spiro atoms. The number of hydrogen-bond donors (Lipinski definition) is 2. The Morgan fingerprint density at radius 1 is 1.11 bits per heavy atom. The maximum Gasteiger partial charge on any atom is 0.330 e. The van der Waals surface area contributed by atoms with Crippen molar-refractivity contribution in [1.82, 2.24) is 9.80 Å². The highest BCUT2D eigenvalue weighted by molar-refractivity contribution is 6.38. The topological polar surface area (TPSA) is 169 Å². The largest absolute Gasteiger partial charge is 0.481 e. The molecule has 0 bridgehead atoms. The standard InChI is InChI=1S/C32H43N3O10/c1-4-28(39)44-21-32(2,3)29(40)30(41)35-14-6-5-10-24(35)31(42)45-25(13-15-34-16-18-43-19-17-34)22-8-7-9-23(20-22)33-26(36)11-12-27(37)38/h4,7-9,20,24-25H,1,5-6,10-19,21H2,2-3H3,(H,33,36)(H,37,38)/t24-,25?/m0/s1. The number of carboxylic acids is 1. The molecule has 1 unspecified atom stereocenters. The second-order valence-electron chi connectivity index (χ2n) is 11.8. The first-order chi connectivity index (χ1) is 21.4. The van der Waals surface area contributed by atoms with Crippen molar-refractivity contribution >= 4 is 41.2 Å². The summed E-state index contributed by atoms with van der Waals surface area (Å²) >= 11 is 0. The van der Waals surface area contributed by atoms with E-state index in [-0.39, 0.29) is 26.0 Å². The third kappa shape index (κ3) is 10.8. The highest BCUT2D eigenvalue weighted by atomic mass is 16.5. The average molecular weight is 630 g/mol. The van der Waals surface area contributed by atoms with Gasteiger partial charge in [-0.1, -0.05) is 18.7 Å². The van der Waals surface area contributed by atoms with E-state index in [1.807, 2.05) is 0 Å². The normalized spacial score (nSPS) is 17.9. The summed E-state index contributed by atoms with van der Waals surface area (Å²) in [4.78, 5) is 78.4. The maximum absolute atomic E-state index is 13.7. The number of rotatable bonds is 15. The second kappa shape index (κ2) is 16.8. The fourth-order valence-corrected chi connectivity index (χ4v) is 5.11. The van der Waals surface area contributed by atoms with E-state index in [0.717, 1.165) is 19.2 Å². The Balaban J connectivity index is 1.78. The number of benzene rings is 1. The first kappa shape index (κ1) is 35.4. The van der Waals surface area contributed by atoms with E-state index >= 15 is 0 Å². The first-order valence-electron chi connectivity index (χ1n) is 15.2. The second-order valence-corrected chi connectivity index (χ2v) is 11.8. The Bertz CT molecular complexity index is 1260. The Kier molecular flexibility index (Phi) is 13.2. The number of carboxylic acid groups (broad SMARTS) is 1. The number of aliphatic carboxylic acids is 1. The zero-order chi connectivity index (χ0) is 33.0. The number of piperidine rings is 1. The molecule has 2 saturated heterocycles. The van der Waals surface area contributed by atoms with Crippen LogP contribution in [0.25, 0.3) is 0 Å². The summed E-state index contributed by atoms with van der Waals surface area (Å²) in [6.07, 6.45) is 1.75. The lowest BCUT2D eigenvalue weighted by atomic mass is 9.87. The predicted molar refractivity (Wildman–Crippen MR) is 162 cm³/mol. The highest BCUT2D eigenvalue weighted by Gasteiger charge is 2.42. The molecule has 246 valence electrons. The van der Waals surface area contributed by atoms with Gasteiger partial charge in [0.15, 0.2) is 0 Å². The molecule has 1 aromatic rings. The molecular weight excluding hydrogens is 586 g/mol. The van der Waals surface area contributed by atoms with E-state index in [0.29, 0.717) is 56.7 Å². The van der Waals surface area contributed by atoms with Crippen LogP contribution in [0.5, 0.6) is 0 Å². The molecule has 2 atom stereocenters. The molecule has 2 heterocycles. The van der Waals surface area contributed by atoms with E-state index in [9.17, 15) is 28.8 Å². The maximum atomic E-state index is 13.7. The van der Waals surface area contributed by atoms with Gasteiger partial charge in [0.1, 0.15) is 18.8 Å². The summed E-state index contributed by atoms with van der Waals surface area (Å²) < 4.78 is 16.5. The van der Waals surface area contributed by atoms with Gasteiger partial charge in [0.05, 0.1) is 25.0 Å². The van der Waals surface area contributed by atoms with Crippen LogP contribution in [0, 0.1) is 5.41 Å². The minimum absolute atomic E-state index is 0.188. The van der Waals surface area contributed by atoms with Gasteiger partial charge in [0, 0.05) is 50.8 Å². The van der Waals surface area contributed by atoms with Crippen LogP contribution in [-0.2, 0) is 43.0 Å². The van der Waals surface area contributed by atoms with E-state index in [1.54, 1.807) is 24.3 Å². The zero-order valence-electron chi connectivity index (χ0n) is 26.0. The predicted octanol–water partition coefficient (Wildman–Crippen LogP) is 2.50. The monoisotopic (exact) mass is 629 g/mol. The van der Waals surface area contributed by atoms with Gasteiger partial charge in [-0.3, -0.25) is 24.1 Å². The van der Waals surface area contributed by atoms with Crippen LogP contribution in [-0.4, -0.2) is 102 Å². The minimum atomic E-state index is -1.32. The molecule has 3 rings (SSSR count). The lowest BCUT2D eigenvalue weighted by Gasteiger charge is -2.36. The van der Waals surface area contributed by atoms with Crippen molar-refractivity contribution in [2.75, 3.05) is 51.3 Å². The number of morpholine rings is 1. The quantitative estimate of drug-likeness (QED) is 0.166. The smallest absolute Gasteiger partial charge is 0.330 e. The first-order valence-corrected chi connectivity index (χ1v) is 15.2. The van der Waals surface area contributed by atoms with Crippen LogP contribution in [0.15, 0.2) is 36.9 Å². The Hall–Kier alpha value is -4.10. The number of hydrogen-bond acceptors (Lipinski definition) is 10. The molecule has 45 heavy (non-hydrogen) atoms. The van der Waals surface area contributed by atoms with Crippen molar-refractivity contribution in [2.24, 2.45) is 5.41 Å². The Morgan fingerprint density at radius 2 is 1.84 bits per heavy atom. The molecule has 0 radical (unpaired) electrons. The van der Waals surface area contributed by atoms with Crippen molar-refractivity contribution < 1.29 is 48.1 Å². The average Bonchev–Trinajstić information content (AvgIpc) is 3.04. The van der Waals surface area contributed by atoms with Gasteiger partial charge >= 0.3 is 17.9 Å². The number of amides is 2. The molecule has 13 nitrogen and oxygen atoms in total. The van der Waals surface area contributed by atoms with Crippen LogP contribution in [0.4, 0.5) is 5.69 Å². The number of likely N-dealkylation sites (tertiary alicyclic amines) is 1. The molecule has 2 N–H and O–H groups in total. The number of anilines is 1. The molecule has 1 aromatic carbocycles. The fourth-order valence-electron chi connectivity index (χ4n) is 5.11. The number of nitrogens with one attached hydrogen (secondary N) is 1. The van der Waals surface area contributed by atoms with Crippen LogP contribution in [0.1, 0.15) is 64.0 Å². The molecule has 13 heteroatoms. The van der Waals surface area contributed by atoms with Gasteiger partial charge in [-0.2, -0.15) is 0 Å². The summed E-state index contributed by atoms with van der Waals surface area (Å²) in [6, 6.07) is 5.82. The summed E-state index contributed by atoms with van der Waals surface area (Å²) in [6.45, 7) is 9.44. The van der Waals surface area contributed by atoms with E-state index in [4.69, 9.17) is 19.3 Å². The molecule has 0 aromatic heterocycles. The number of esters is 2. The molecular formula is C32H43N3O10. The number of nitrogens with zero attached hydrogens (tertiary/aromatic N) is 2. The number of ketones is 1. The summed E-state index contributed by atoms with van der Waals surface area (Å²) in [5, 5.41) is 11.6. The summed E-state index contributed by atoms with van der Waals surface area (Å²) in [5.74, 6) is -4.52. The van der Waals surface area contributed by atoms with Crippen molar-refractivity contribution in [3.63, 3.8) is 0 Å². The molecule has 2 fully saturated rings. The highest BCUT2D eigenvalue weighted by Crippen LogP contribution is 2.29. The van der Waals surface area contributed by atoms with Crippen molar-refractivity contribution in [3.8, 4) is 0 Å². The number of ether oxygens (including phenoxy) is 3. The molecule has 2 aliphatic rings. The molecule has 0 saturated carbocycles. The number of carbonyl (C=O) groups is 6. The van der Waals surface area contributed by atoms with Crippen LogP contribution in [0.3, 0.4) is 0 Å². The van der Waals surface area contributed by atoms with Gasteiger partial charge in [-0.05, 0) is 50.8 Å². The van der Waals surface area contributed by atoms with Gasteiger partial charge in [-0.25, -0.2) is 9.59 Å². The van der Waals surface area contributed by atoms with E-state index in [1.165, 1.54) is 18.7 Å². The summed E-state index contributed by atoms with van der Waals surface area (Å²) in [5.41, 5.74) is -0.283. The van der Waals surface area contributed by atoms with Crippen LogP contribution < -0.4 is 5.32 Å². The molecule has 2 aliphatic heterocycles. The van der Waals surface area contributed by atoms with Gasteiger partial charge in [0.25, 0.3) is 5.91 Å². The molecule has 2 amide bonds. The lowest BCUT2D eigenvalue weighted by Crippen LogP contribution is -2.53. The van der Waals surface area contributed by atoms with Crippen LogP contribution in [0.2, 0.25) is 0 Å². The SMILES string of the molecule is C=CC(=O)OCC(C)(C)C(=O)C(=O)N1CCCC[C@H]1C(=O)OC(CCN1CCOCC1)c1cccc(NC(=O)CCC(=O)O)c1. The van der Waals surface area contributed by atoms with Crippen LogP contribution >= 0.6 is 0 Å². The van der Waals surface area contributed by atoms with Gasteiger partial charge < -0.3 is 29.5 Å². The number of carbonyl (C=O) groups excluding carboxylic acids is 5. The minimum Gasteiger partial charge on any atom is -0.481 e. The van der Waals surface area contributed by atoms with Crippen molar-refractivity contribution in [2.45, 2.75) is 64.5 Å². The fraction of sp³-hybridized carbons (Fsp3) is 0.562. The van der Waals surface area contributed by atoms with Gasteiger partial charge in [0.2, 0.25) is 11.7 Å². The lowest BCUT2D eigenvalue weighted by molar-refractivity contribution is -0.165. The van der Waals surface area contributed by atoms with Crippen molar-refractivity contribution in [3.05, 3.63) is 42.5 Å². The molecule has 0 aliphatic carbocycles. The zero-order valence-corrected chi connectivity index (χ0v) is 26.0. The number of Topliss-reactive ketones (excluding diaryl/α,β-unsaturated/α-hetero) is 1. The third-order valence-corrected chi connectivity index (χ3v) is 7.76. The Morgan fingerprint density at radius 3 is 2.53 bits per heavy atom. The van der Waals surface area contributed by atoms with E-state index in [2.05, 4.69) is 16.8 Å². The Labute approximate surface area is 262 Å². The van der Waals surface area contributed by atoms with E-state index < -0.39 is 53.1 Å².